The number of rotatable bonds is 14. The fourth-order valence-corrected chi connectivity index (χ4v) is 6.10. The third-order valence-electron chi connectivity index (χ3n) is 7.15. The van der Waals surface area contributed by atoms with Crippen LogP contribution in [0.4, 0.5) is 0 Å². The van der Waals surface area contributed by atoms with Crippen LogP contribution in [0.1, 0.15) is 53.7 Å². The predicted molar refractivity (Wildman–Crippen MR) is 166 cm³/mol. The summed E-state index contributed by atoms with van der Waals surface area (Å²) in [5, 5.41) is 11.5. The Morgan fingerprint density at radius 2 is 1.49 bits per heavy atom. The average Bonchev–Trinajstić information content (AvgIpc) is 3.53. The van der Waals surface area contributed by atoms with Crippen molar-refractivity contribution in [3.05, 3.63) is 82.5 Å². The van der Waals surface area contributed by atoms with Crippen molar-refractivity contribution < 1.29 is 33.5 Å². The van der Waals surface area contributed by atoms with Gasteiger partial charge in [0.25, 0.3) is 0 Å². The second-order valence-electron chi connectivity index (χ2n) is 9.77. The first-order valence-electron chi connectivity index (χ1n) is 13.8. The van der Waals surface area contributed by atoms with Crippen molar-refractivity contribution in [2.75, 3.05) is 41.2 Å². The molecule has 0 bridgehead atoms. The zero-order valence-electron chi connectivity index (χ0n) is 25.1. The van der Waals surface area contributed by atoms with Gasteiger partial charge in [-0.2, -0.15) is 0 Å². The van der Waals surface area contributed by atoms with Crippen LogP contribution in [0, 0.1) is 6.65 Å². The minimum atomic E-state index is -0.116. The molecule has 0 saturated carbocycles. The van der Waals surface area contributed by atoms with Gasteiger partial charge in [-0.15, -0.1) is 16.9 Å². The fourth-order valence-electron chi connectivity index (χ4n) is 5.12. The zero-order chi connectivity index (χ0) is 31.4. The first-order chi connectivity index (χ1) is 20.9. The van der Waals surface area contributed by atoms with Gasteiger partial charge in [-0.05, 0) is 96.2 Å². The van der Waals surface area contributed by atoms with Gasteiger partial charge in [-0.3, -0.25) is 5.21 Å². The van der Waals surface area contributed by atoms with Crippen molar-refractivity contribution in [2.24, 2.45) is 0 Å². The van der Waals surface area contributed by atoms with E-state index in [0.29, 0.717) is 23.8 Å². The monoisotopic (exact) mass is 630 g/mol. The van der Waals surface area contributed by atoms with Crippen LogP contribution < -0.4 is 24.4 Å². The van der Waals surface area contributed by atoms with Gasteiger partial charge in [0.2, 0.25) is 5.75 Å². The maximum atomic E-state index is 9.78. The van der Waals surface area contributed by atoms with E-state index in [0.717, 1.165) is 69.6 Å². The molecule has 232 valence electrons. The average molecular weight is 631 g/mol. The Morgan fingerprint density at radius 3 is 2.02 bits per heavy atom. The first kappa shape index (κ1) is 34.6. The van der Waals surface area contributed by atoms with Crippen molar-refractivity contribution in [1.82, 2.24) is 10.6 Å². The number of halogens is 1. The Hall–Kier alpha value is -2.92. The van der Waals surface area contributed by atoms with Crippen molar-refractivity contribution in [1.29, 1.82) is 0 Å². The number of hydrogen-bond donors (Lipinski definition) is 2. The Bertz CT molecular complexity index is 1310. The zero-order valence-corrected chi connectivity index (χ0v) is 26.7. The minimum absolute atomic E-state index is 0.104. The molecule has 3 aromatic carbocycles. The molecule has 0 aliphatic carbocycles. The van der Waals surface area contributed by atoms with E-state index in [9.17, 15) is 5.21 Å². The van der Waals surface area contributed by atoms with E-state index in [-0.39, 0.29) is 12.2 Å². The summed E-state index contributed by atoms with van der Waals surface area (Å²) in [7, 11) is 8.09. The number of thioether (sulfide) groups is 1. The standard InChI is InChI=1S/C31H39ClN2O6S.CO/c1-34(35)33-19-22-15-20(16-28(36-2)25(22)7-6-14-41-24-10-8-23(32)9-11-24)26-12-13-27(40-26)21-17-29(37-3)31(39-5)30(18-21)38-4;1-2/h8-11,15-18,26-27,33,35H,6-7,12-14,19H2,1-5H3;/t26-,27-;/m1./s1. The summed E-state index contributed by atoms with van der Waals surface area (Å²) in [6, 6.07) is 16.1. The molecule has 3 aromatic rings. The van der Waals surface area contributed by atoms with Crippen LogP contribution in [0.2, 0.25) is 5.02 Å². The summed E-state index contributed by atoms with van der Waals surface area (Å²) >= 11 is 7.82. The molecule has 1 fully saturated rings. The van der Waals surface area contributed by atoms with Crippen molar-refractivity contribution in [3.8, 4) is 23.0 Å². The molecular weight excluding hydrogens is 592 g/mol. The summed E-state index contributed by atoms with van der Waals surface area (Å²) in [4.78, 5) is 1.19. The molecule has 9 nitrogen and oxygen atoms in total. The molecule has 4 rings (SSSR count). The molecule has 1 aliphatic heterocycles. The topological polar surface area (TPSA) is 102 Å². The SMILES string of the molecule is COc1cc([C@H]2CC[C@H](c3cc(OC)c(OC)c(OC)c3)O2)cc(CNN(C)O)c1CCCSc1ccc(Cl)cc1.[C-]#[O+]. The Kier molecular flexibility index (Phi) is 14.0. The number of nitrogens with zero attached hydrogens (tertiary/aromatic N) is 1. The van der Waals surface area contributed by atoms with Gasteiger partial charge in [0.05, 0.1) is 40.6 Å². The van der Waals surface area contributed by atoms with Gasteiger partial charge < -0.3 is 23.7 Å². The molecule has 1 saturated heterocycles. The summed E-state index contributed by atoms with van der Waals surface area (Å²) in [6.07, 6.45) is 3.29. The van der Waals surface area contributed by atoms with Crippen LogP contribution in [-0.4, -0.2) is 51.6 Å². The summed E-state index contributed by atoms with van der Waals surface area (Å²) in [5.41, 5.74) is 7.22. The van der Waals surface area contributed by atoms with Crippen LogP contribution in [0.25, 0.3) is 0 Å². The first-order valence-corrected chi connectivity index (χ1v) is 15.1. The van der Waals surface area contributed by atoms with Crippen LogP contribution in [0.15, 0.2) is 53.4 Å². The molecule has 1 aliphatic rings. The molecule has 0 unspecified atom stereocenters. The van der Waals surface area contributed by atoms with Crippen molar-refractivity contribution >= 4 is 23.4 Å². The van der Waals surface area contributed by atoms with Gasteiger partial charge in [0.1, 0.15) is 5.75 Å². The van der Waals surface area contributed by atoms with E-state index < -0.39 is 0 Å². The number of methoxy groups -OCH3 is 4. The fraction of sp³-hybridized carbons (Fsp3) is 0.406. The Morgan fingerprint density at radius 1 is 0.930 bits per heavy atom. The number of hydroxylamine groups is 1. The summed E-state index contributed by atoms with van der Waals surface area (Å²) in [6.45, 7) is 4.96. The van der Waals surface area contributed by atoms with Crippen molar-refractivity contribution in [3.63, 3.8) is 0 Å². The molecule has 0 aromatic heterocycles. The molecule has 11 heteroatoms. The van der Waals surface area contributed by atoms with Crippen LogP contribution in [0.3, 0.4) is 0 Å². The van der Waals surface area contributed by atoms with Gasteiger partial charge in [0.15, 0.2) is 11.5 Å². The second kappa shape index (κ2) is 17.4. The number of nitrogens with one attached hydrogen (secondary N) is 1. The van der Waals surface area contributed by atoms with Crippen LogP contribution in [0.5, 0.6) is 23.0 Å². The molecule has 43 heavy (non-hydrogen) atoms. The normalized spacial score (nSPS) is 16.0. The summed E-state index contributed by atoms with van der Waals surface area (Å²) in [5.74, 6) is 3.57. The molecule has 2 N–H and O–H groups in total. The third kappa shape index (κ3) is 9.28. The maximum absolute atomic E-state index is 9.78. The van der Waals surface area contributed by atoms with E-state index in [2.05, 4.69) is 24.2 Å². The van der Waals surface area contributed by atoms with E-state index >= 15 is 0 Å². The predicted octanol–water partition coefficient (Wildman–Crippen LogP) is 6.98. The number of hydrogen-bond acceptors (Lipinski definition) is 9. The van der Waals surface area contributed by atoms with Gasteiger partial charge >= 0.3 is 11.3 Å². The van der Waals surface area contributed by atoms with Crippen LogP contribution in [-0.2, 0) is 22.4 Å². The van der Waals surface area contributed by atoms with Gasteiger partial charge in [-0.1, -0.05) is 17.7 Å². The summed E-state index contributed by atoms with van der Waals surface area (Å²) < 4.78 is 36.6. The molecular formula is C32H39ClN2O7S. The quantitative estimate of drug-likeness (QED) is 0.0642. The molecule has 0 amide bonds. The van der Waals surface area contributed by atoms with E-state index in [1.807, 2.05) is 36.4 Å². The molecule has 0 radical (unpaired) electrons. The molecule has 1 heterocycles. The molecule has 0 spiro atoms. The number of hydrazine groups is 1. The number of benzene rings is 3. The third-order valence-corrected chi connectivity index (χ3v) is 8.50. The Balaban J connectivity index is 0.00000248. The molecule has 2 atom stereocenters. The number of ether oxygens (including phenoxy) is 5. The van der Waals surface area contributed by atoms with Crippen LogP contribution >= 0.6 is 23.4 Å². The second-order valence-corrected chi connectivity index (χ2v) is 11.4. The van der Waals surface area contributed by atoms with E-state index in [4.69, 9.17) is 39.9 Å². The Labute approximate surface area is 263 Å². The van der Waals surface area contributed by atoms with Crippen molar-refractivity contribution in [2.45, 2.75) is 49.3 Å². The van der Waals surface area contributed by atoms with Gasteiger partial charge in [-0.25, -0.2) is 5.43 Å². The van der Waals surface area contributed by atoms with E-state index in [1.54, 1.807) is 47.2 Å². The van der Waals surface area contributed by atoms with E-state index in [1.165, 1.54) is 4.90 Å². The van der Waals surface area contributed by atoms with Gasteiger partial charge in [0, 0.05) is 23.5 Å².